The van der Waals surface area contributed by atoms with Gasteiger partial charge in [-0.05, 0) is 37.1 Å². The summed E-state index contributed by atoms with van der Waals surface area (Å²) in [6.07, 6.45) is 1.74. The van der Waals surface area contributed by atoms with Gasteiger partial charge < -0.3 is 4.57 Å². The van der Waals surface area contributed by atoms with Gasteiger partial charge in [0.25, 0.3) is 5.91 Å². The van der Waals surface area contributed by atoms with Crippen LogP contribution in [0.3, 0.4) is 0 Å². The molecule has 6 heteroatoms. The van der Waals surface area contributed by atoms with Gasteiger partial charge in [0.05, 0.1) is 10.2 Å². The summed E-state index contributed by atoms with van der Waals surface area (Å²) in [7, 11) is 3.71. The maximum Gasteiger partial charge on any atom is 0.300 e. The second-order valence-electron chi connectivity index (χ2n) is 5.17. The first-order chi connectivity index (χ1) is 9.95. The number of carbonyl (C=O) groups is 1. The Bertz CT molecular complexity index is 914. The average molecular weight is 300 g/mol. The number of benzene rings is 1. The number of carbonyl (C=O) groups excluding carboxylic acids is 1. The number of aromatic nitrogens is 3. The van der Waals surface area contributed by atoms with Crippen molar-refractivity contribution in [2.75, 3.05) is 0 Å². The molecule has 1 amide bonds. The van der Waals surface area contributed by atoms with Gasteiger partial charge in [-0.25, -0.2) is 0 Å². The molecule has 0 saturated carbocycles. The summed E-state index contributed by atoms with van der Waals surface area (Å²) in [4.78, 5) is 17.1. The maximum absolute atomic E-state index is 12.2. The van der Waals surface area contributed by atoms with Crippen molar-refractivity contribution in [1.29, 1.82) is 0 Å². The first kappa shape index (κ1) is 13.8. The number of hydrogen-bond acceptors (Lipinski definition) is 3. The van der Waals surface area contributed by atoms with E-state index in [1.54, 1.807) is 24.0 Å². The number of thiazole rings is 1. The minimum Gasteiger partial charge on any atom is -0.319 e. The van der Waals surface area contributed by atoms with Crippen LogP contribution < -0.4 is 4.80 Å². The van der Waals surface area contributed by atoms with E-state index in [-0.39, 0.29) is 5.91 Å². The Balaban J connectivity index is 2.16. The van der Waals surface area contributed by atoms with Crippen molar-refractivity contribution in [3.63, 3.8) is 0 Å². The second-order valence-corrected chi connectivity index (χ2v) is 6.14. The number of fused-ring (bicyclic) bond motifs is 1. The molecule has 5 nitrogen and oxygen atoms in total. The minimum absolute atomic E-state index is 0.313. The van der Waals surface area contributed by atoms with Crippen LogP contribution in [0.5, 0.6) is 0 Å². The number of rotatable bonds is 1. The molecule has 0 atom stereocenters. The number of hydrogen-bond donors (Lipinski definition) is 0. The molecule has 0 spiro atoms. The Kier molecular flexibility index (Phi) is 3.25. The molecule has 0 saturated heterocycles. The van der Waals surface area contributed by atoms with E-state index in [4.69, 9.17) is 0 Å². The van der Waals surface area contributed by atoms with E-state index in [0.29, 0.717) is 10.5 Å². The molecule has 21 heavy (non-hydrogen) atoms. The van der Waals surface area contributed by atoms with Crippen molar-refractivity contribution in [2.24, 2.45) is 19.1 Å². The van der Waals surface area contributed by atoms with E-state index >= 15 is 0 Å². The lowest BCUT2D eigenvalue weighted by molar-refractivity contribution is 0.0992. The van der Waals surface area contributed by atoms with Gasteiger partial charge in [0.1, 0.15) is 0 Å². The monoisotopic (exact) mass is 300 g/mol. The molecule has 3 aromatic rings. The first-order valence-corrected chi connectivity index (χ1v) is 7.43. The van der Waals surface area contributed by atoms with Gasteiger partial charge >= 0.3 is 0 Å². The molecule has 0 fully saturated rings. The summed E-state index contributed by atoms with van der Waals surface area (Å²) in [6.45, 7) is 4.15. The summed E-state index contributed by atoms with van der Waals surface area (Å²) in [5.74, 6) is -0.313. The molecule has 3 rings (SSSR count). The smallest absolute Gasteiger partial charge is 0.300 e. The van der Waals surface area contributed by atoms with Crippen molar-refractivity contribution in [2.45, 2.75) is 13.8 Å². The molecule has 0 unspecified atom stereocenters. The van der Waals surface area contributed by atoms with Crippen LogP contribution in [0.25, 0.3) is 10.2 Å². The van der Waals surface area contributed by atoms with E-state index in [1.807, 2.05) is 11.6 Å². The third-order valence-corrected chi connectivity index (χ3v) is 4.65. The normalized spacial score (nSPS) is 12.3. The Hall–Kier alpha value is -2.21. The van der Waals surface area contributed by atoms with Gasteiger partial charge in [0, 0.05) is 20.3 Å². The SMILES string of the molecule is Cc1cc(C)c2sc(=NC(=O)c3ccn(C)n3)n(C)c2c1. The van der Waals surface area contributed by atoms with Crippen LogP contribution in [0, 0.1) is 13.8 Å². The van der Waals surface area contributed by atoms with E-state index in [0.717, 1.165) is 10.2 Å². The zero-order valence-corrected chi connectivity index (χ0v) is 13.2. The summed E-state index contributed by atoms with van der Waals surface area (Å²) in [5, 5.41) is 4.09. The third kappa shape index (κ3) is 2.42. The molecule has 1 aromatic carbocycles. The standard InChI is InChI=1S/C15H16N4OS/c1-9-7-10(2)13-12(8-9)19(4)15(21-13)16-14(20)11-5-6-18(3)17-11/h5-8H,1-4H3. The predicted octanol–water partition coefficient (Wildman–Crippen LogP) is 2.33. The summed E-state index contributed by atoms with van der Waals surface area (Å²) in [5.41, 5.74) is 3.88. The van der Waals surface area contributed by atoms with Gasteiger partial charge in [-0.3, -0.25) is 9.48 Å². The van der Waals surface area contributed by atoms with Crippen LogP contribution in [0.15, 0.2) is 29.4 Å². The Morgan fingerprint density at radius 1 is 1.29 bits per heavy atom. The van der Waals surface area contributed by atoms with Crippen LogP contribution in [-0.4, -0.2) is 20.3 Å². The topological polar surface area (TPSA) is 52.2 Å². The van der Waals surface area contributed by atoms with Gasteiger partial charge in [0.15, 0.2) is 10.5 Å². The second kappa shape index (κ2) is 4.96. The Morgan fingerprint density at radius 2 is 2.05 bits per heavy atom. The van der Waals surface area contributed by atoms with Crippen molar-refractivity contribution >= 4 is 27.5 Å². The van der Waals surface area contributed by atoms with E-state index in [2.05, 4.69) is 36.1 Å². The van der Waals surface area contributed by atoms with Crippen LogP contribution in [0.1, 0.15) is 21.6 Å². The fourth-order valence-corrected chi connectivity index (χ4v) is 3.41. The molecule has 2 aromatic heterocycles. The number of aryl methyl sites for hydroxylation is 4. The molecule has 0 bridgehead atoms. The predicted molar refractivity (Wildman–Crippen MR) is 83.4 cm³/mol. The van der Waals surface area contributed by atoms with E-state index in [9.17, 15) is 4.79 Å². The maximum atomic E-state index is 12.2. The molecule has 2 heterocycles. The zero-order chi connectivity index (χ0) is 15.1. The Labute approximate surface area is 126 Å². The van der Waals surface area contributed by atoms with Crippen LogP contribution >= 0.6 is 11.3 Å². The van der Waals surface area contributed by atoms with Gasteiger partial charge in [0.2, 0.25) is 0 Å². The third-order valence-electron chi connectivity index (χ3n) is 3.37. The quantitative estimate of drug-likeness (QED) is 0.692. The van der Waals surface area contributed by atoms with Crippen molar-refractivity contribution in [1.82, 2.24) is 14.3 Å². The van der Waals surface area contributed by atoms with Crippen LogP contribution in [-0.2, 0) is 14.1 Å². The number of nitrogens with zero attached hydrogens (tertiary/aromatic N) is 4. The minimum atomic E-state index is -0.313. The highest BCUT2D eigenvalue weighted by atomic mass is 32.1. The lowest BCUT2D eigenvalue weighted by Crippen LogP contribution is -2.13. The average Bonchev–Trinajstić information content (AvgIpc) is 2.97. The first-order valence-electron chi connectivity index (χ1n) is 6.61. The van der Waals surface area contributed by atoms with Crippen molar-refractivity contribution < 1.29 is 4.79 Å². The highest BCUT2D eigenvalue weighted by Gasteiger charge is 2.10. The van der Waals surface area contributed by atoms with Gasteiger partial charge in [-0.2, -0.15) is 10.1 Å². The highest BCUT2D eigenvalue weighted by Crippen LogP contribution is 2.22. The lowest BCUT2D eigenvalue weighted by Gasteiger charge is -2.00. The molecular weight excluding hydrogens is 284 g/mol. The molecule has 0 radical (unpaired) electrons. The van der Waals surface area contributed by atoms with Gasteiger partial charge in [-0.15, -0.1) is 0 Å². The molecule has 108 valence electrons. The summed E-state index contributed by atoms with van der Waals surface area (Å²) < 4.78 is 4.72. The summed E-state index contributed by atoms with van der Waals surface area (Å²) in [6, 6.07) is 5.93. The summed E-state index contributed by atoms with van der Waals surface area (Å²) >= 11 is 1.53. The molecule has 0 aliphatic heterocycles. The fourth-order valence-electron chi connectivity index (χ4n) is 2.35. The molecule has 0 N–H and O–H groups in total. The van der Waals surface area contributed by atoms with Crippen molar-refractivity contribution in [3.8, 4) is 0 Å². The van der Waals surface area contributed by atoms with Gasteiger partial charge in [-0.1, -0.05) is 17.4 Å². The van der Waals surface area contributed by atoms with Crippen LogP contribution in [0.2, 0.25) is 0 Å². The highest BCUT2D eigenvalue weighted by molar-refractivity contribution is 7.16. The van der Waals surface area contributed by atoms with Crippen molar-refractivity contribution in [3.05, 3.63) is 46.0 Å². The molecule has 0 aliphatic rings. The number of amides is 1. The largest absolute Gasteiger partial charge is 0.319 e. The lowest BCUT2D eigenvalue weighted by atomic mass is 10.1. The van der Waals surface area contributed by atoms with Crippen LogP contribution in [0.4, 0.5) is 0 Å². The fraction of sp³-hybridized carbons (Fsp3) is 0.267. The Morgan fingerprint density at radius 3 is 2.71 bits per heavy atom. The molecular formula is C15H16N4OS. The molecule has 0 aliphatic carbocycles. The van der Waals surface area contributed by atoms with E-state index < -0.39 is 0 Å². The van der Waals surface area contributed by atoms with E-state index in [1.165, 1.54) is 22.5 Å². The zero-order valence-electron chi connectivity index (χ0n) is 12.4.